The monoisotopic (exact) mass is 180 g/mol. The molecule has 0 aliphatic heterocycles. The van der Waals surface area contributed by atoms with Gasteiger partial charge < -0.3 is 16.1 Å². The van der Waals surface area contributed by atoms with Crippen LogP contribution in [0, 0.1) is 11.3 Å². The standard InChI is InChI=1S/C8H12N4O/c1-4(2)5(9)7-6(10)8(13)12-3-11-7/h3-4,9H,10H2,1-2H3,(H,11,12,13). The molecule has 0 aliphatic rings. The van der Waals surface area contributed by atoms with Gasteiger partial charge in [-0.3, -0.25) is 4.79 Å². The average molecular weight is 180 g/mol. The van der Waals surface area contributed by atoms with Gasteiger partial charge in [-0.15, -0.1) is 0 Å². The van der Waals surface area contributed by atoms with E-state index in [9.17, 15) is 4.79 Å². The Balaban J connectivity index is 3.23. The second kappa shape index (κ2) is 3.38. The van der Waals surface area contributed by atoms with E-state index in [0.29, 0.717) is 0 Å². The summed E-state index contributed by atoms with van der Waals surface area (Å²) < 4.78 is 0. The SMILES string of the molecule is CC(C)C(=N)c1nc[nH]c(=O)c1N. The Morgan fingerprint density at radius 1 is 1.69 bits per heavy atom. The van der Waals surface area contributed by atoms with Gasteiger partial charge in [0.1, 0.15) is 11.4 Å². The summed E-state index contributed by atoms with van der Waals surface area (Å²) in [7, 11) is 0. The van der Waals surface area contributed by atoms with Crippen LogP contribution in [-0.4, -0.2) is 15.7 Å². The summed E-state index contributed by atoms with van der Waals surface area (Å²) in [6.07, 6.45) is 1.25. The van der Waals surface area contributed by atoms with Crippen molar-refractivity contribution in [3.8, 4) is 0 Å². The van der Waals surface area contributed by atoms with Crippen molar-refractivity contribution in [1.29, 1.82) is 5.41 Å². The van der Waals surface area contributed by atoms with E-state index in [1.807, 2.05) is 13.8 Å². The number of hydrogen-bond donors (Lipinski definition) is 3. The Kier molecular flexibility index (Phi) is 2.46. The number of aromatic nitrogens is 2. The summed E-state index contributed by atoms with van der Waals surface area (Å²) in [5, 5.41) is 7.63. The molecular formula is C8H12N4O. The van der Waals surface area contributed by atoms with Gasteiger partial charge in [0.25, 0.3) is 5.56 Å². The summed E-state index contributed by atoms with van der Waals surface area (Å²) in [6.45, 7) is 3.70. The van der Waals surface area contributed by atoms with Crippen LogP contribution in [0.1, 0.15) is 19.5 Å². The molecule has 0 fully saturated rings. The molecular weight excluding hydrogens is 168 g/mol. The normalized spacial score (nSPS) is 10.4. The summed E-state index contributed by atoms with van der Waals surface area (Å²) in [5.41, 5.74) is 5.65. The highest BCUT2D eigenvalue weighted by atomic mass is 16.1. The number of anilines is 1. The molecule has 13 heavy (non-hydrogen) atoms. The van der Waals surface area contributed by atoms with Crippen molar-refractivity contribution in [2.75, 3.05) is 5.73 Å². The van der Waals surface area contributed by atoms with Gasteiger partial charge >= 0.3 is 0 Å². The van der Waals surface area contributed by atoms with Gasteiger partial charge in [0.15, 0.2) is 0 Å². The van der Waals surface area contributed by atoms with Gasteiger partial charge in [-0.1, -0.05) is 13.8 Å². The summed E-state index contributed by atoms with van der Waals surface area (Å²) >= 11 is 0. The first-order valence-electron chi connectivity index (χ1n) is 3.96. The molecule has 70 valence electrons. The number of nitrogen functional groups attached to an aromatic ring is 1. The molecule has 5 nitrogen and oxygen atoms in total. The number of nitrogens with one attached hydrogen (secondary N) is 2. The first kappa shape index (κ1) is 9.44. The highest BCUT2D eigenvalue weighted by Crippen LogP contribution is 2.08. The first-order valence-corrected chi connectivity index (χ1v) is 3.96. The molecule has 0 amide bonds. The van der Waals surface area contributed by atoms with Crippen molar-refractivity contribution in [3.05, 3.63) is 22.4 Å². The zero-order valence-corrected chi connectivity index (χ0v) is 7.59. The molecule has 0 aliphatic carbocycles. The maximum absolute atomic E-state index is 11.0. The zero-order valence-electron chi connectivity index (χ0n) is 7.59. The predicted molar refractivity (Wildman–Crippen MR) is 50.9 cm³/mol. The molecule has 0 spiro atoms. The number of hydrogen-bond acceptors (Lipinski definition) is 4. The Bertz CT molecular complexity index is 380. The minimum atomic E-state index is -0.393. The second-order valence-corrected chi connectivity index (χ2v) is 3.06. The lowest BCUT2D eigenvalue weighted by atomic mass is 10.0. The molecule has 5 heteroatoms. The third kappa shape index (κ3) is 1.74. The third-order valence-corrected chi connectivity index (χ3v) is 1.72. The average Bonchev–Trinajstić information content (AvgIpc) is 2.08. The Morgan fingerprint density at radius 2 is 2.31 bits per heavy atom. The van der Waals surface area contributed by atoms with Gasteiger partial charge in [-0.2, -0.15) is 0 Å². The van der Waals surface area contributed by atoms with Crippen LogP contribution in [0.3, 0.4) is 0 Å². The highest BCUT2D eigenvalue weighted by molar-refractivity contribution is 6.01. The largest absolute Gasteiger partial charge is 0.392 e. The minimum Gasteiger partial charge on any atom is -0.392 e. The van der Waals surface area contributed by atoms with E-state index in [-0.39, 0.29) is 23.0 Å². The maximum atomic E-state index is 11.0. The van der Waals surface area contributed by atoms with E-state index in [1.165, 1.54) is 6.33 Å². The molecule has 0 saturated carbocycles. The molecule has 1 heterocycles. The third-order valence-electron chi connectivity index (χ3n) is 1.72. The van der Waals surface area contributed by atoms with E-state index in [2.05, 4.69) is 9.97 Å². The van der Waals surface area contributed by atoms with Crippen molar-refractivity contribution < 1.29 is 0 Å². The van der Waals surface area contributed by atoms with Crippen molar-refractivity contribution in [1.82, 2.24) is 9.97 Å². The Morgan fingerprint density at radius 3 is 2.85 bits per heavy atom. The number of aromatic amines is 1. The highest BCUT2D eigenvalue weighted by Gasteiger charge is 2.12. The van der Waals surface area contributed by atoms with Gasteiger partial charge in [0.05, 0.1) is 12.0 Å². The molecule has 0 atom stereocenters. The van der Waals surface area contributed by atoms with Crippen molar-refractivity contribution in [3.63, 3.8) is 0 Å². The quantitative estimate of drug-likeness (QED) is 0.574. The van der Waals surface area contributed by atoms with E-state index < -0.39 is 5.56 Å². The maximum Gasteiger partial charge on any atom is 0.274 e. The lowest BCUT2D eigenvalue weighted by Crippen LogP contribution is -2.20. The van der Waals surface area contributed by atoms with E-state index in [0.717, 1.165) is 0 Å². The zero-order chi connectivity index (χ0) is 10.0. The van der Waals surface area contributed by atoms with E-state index >= 15 is 0 Å². The Labute approximate surface area is 75.5 Å². The lowest BCUT2D eigenvalue weighted by molar-refractivity contribution is 0.870. The predicted octanol–water partition coefficient (Wildman–Crippen LogP) is 0.376. The van der Waals surface area contributed by atoms with Crippen LogP contribution < -0.4 is 11.3 Å². The van der Waals surface area contributed by atoms with Crippen LogP contribution in [0.15, 0.2) is 11.1 Å². The van der Waals surface area contributed by atoms with Crippen LogP contribution in [-0.2, 0) is 0 Å². The Hall–Kier alpha value is -1.65. The van der Waals surface area contributed by atoms with Crippen molar-refractivity contribution >= 4 is 11.4 Å². The smallest absolute Gasteiger partial charge is 0.274 e. The van der Waals surface area contributed by atoms with Gasteiger partial charge in [0, 0.05) is 0 Å². The topological polar surface area (TPSA) is 95.6 Å². The molecule has 0 aromatic carbocycles. The fraction of sp³-hybridized carbons (Fsp3) is 0.375. The van der Waals surface area contributed by atoms with Crippen LogP contribution in [0.2, 0.25) is 0 Å². The second-order valence-electron chi connectivity index (χ2n) is 3.06. The molecule has 0 unspecified atom stereocenters. The van der Waals surface area contributed by atoms with Gasteiger partial charge in [-0.25, -0.2) is 4.98 Å². The number of nitrogens with zero attached hydrogens (tertiary/aromatic N) is 1. The minimum absolute atomic E-state index is 0.0107. The van der Waals surface area contributed by atoms with Crippen molar-refractivity contribution in [2.45, 2.75) is 13.8 Å². The molecule has 0 saturated heterocycles. The summed E-state index contributed by atoms with van der Waals surface area (Å²) in [6, 6.07) is 0. The van der Waals surface area contributed by atoms with Crippen LogP contribution >= 0.6 is 0 Å². The fourth-order valence-corrected chi connectivity index (χ4v) is 0.898. The summed E-state index contributed by atoms with van der Waals surface area (Å²) in [5.74, 6) is 0.0107. The molecule has 1 aromatic heterocycles. The van der Waals surface area contributed by atoms with Gasteiger partial charge in [-0.05, 0) is 5.92 Å². The number of H-pyrrole nitrogens is 1. The van der Waals surface area contributed by atoms with Gasteiger partial charge in [0.2, 0.25) is 0 Å². The summed E-state index contributed by atoms with van der Waals surface area (Å²) in [4.78, 5) is 17.3. The fourth-order valence-electron chi connectivity index (χ4n) is 0.898. The molecule has 0 bridgehead atoms. The van der Waals surface area contributed by atoms with Crippen LogP contribution in [0.25, 0.3) is 0 Å². The van der Waals surface area contributed by atoms with Crippen LogP contribution in [0.5, 0.6) is 0 Å². The lowest BCUT2D eigenvalue weighted by Gasteiger charge is -2.07. The number of nitrogens with two attached hydrogens (primary N) is 1. The van der Waals surface area contributed by atoms with E-state index in [1.54, 1.807) is 0 Å². The van der Waals surface area contributed by atoms with Crippen LogP contribution in [0.4, 0.5) is 5.69 Å². The molecule has 1 rings (SSSR count). The first-order chi connectivity index (χ1) is 6.04. The van der Waals surface area contributed by atoms with E-state index in [4.69, 9.17) is 11.1 Å². The molecule has 4 N–H and O–H groups in total. The molecule has 1 aromatic rings. The number of rotatable bonds is 2. The van der Waals surface area contributed by atoms with Crippen molar-refractivity contribution in [2.24, 2.45) is 5.92 Å². The molecule has 0 radical (unpaired) electrons.